The maximum absolute atomic E-state index is 11.7. The van der Waals surface area contributed by atoms with Gasteiger partial charge in [-0.15, -0.1) is 12.4 Å². The minimum absolute atomic E-state index is 0. The van der Waals surface area contributed by atoms with Gasteiger partial charge in [0.05, 0.1) is 0 Å². The summed E-state index contributed by atoms with van der Waals surface area (Å²) in [5.41, 5.74) is -0.475. The Labute approximate surface area is 122 Å². The molecule has 0 spiro atoms. The van der Waals surface area contributed by atoms with Crippen molar-refractivity contribution in [1.29, 1.82) is 0 Å². The fourth-order valence-electron chi connectivity index (χ4n) is 1.21. The van der Waals surface area contributed by atoms with E-state index in [1.807, 2.05) is 20.8 Å². The number of carbonyl (C=O) groups is 2. The van der Waals surface area contributed by atoms with E-state index >= 15 is 0 Å². The highest BCUT2D eigenvalue weighted by molar-refractivity contribution is 5.89. The third-order valence-corrected chi connectivity index (χ3v) is 2.45. The SMILES string of the molecule is CCCNCCNC(=O)C(C)NC(=O)C(C)(C)C.Cl. The molecule has 1 atom stereocenters. The fourth-order valence-corrected chi connectivity index (χ4v) is 1.21. The summed E-state index contributed by atoms with van der Waals surface area (Å²) in [6.07, 6.45) is 1.08. The van der Waals surface area contributed by atoms with Crippen LogP contribution in [0.4, 0.5) is 0 Å². The highest BCUT2D eigenvalue weighted by Crippen LogP contribution is 2.12. The average molecular weight is 294 g/mol. The zero-order valence-corrected chi connectivity index (χ0v) is 13.4. The molecule has 0 bridgehead atoms. The zero-order valence-electron chi connectivity index (χ0n) is 12.6. The van der Waals surface area contributed by atoms with Crippen molar-refractivity contribution in [3.05, 3.63) is 0 Å². The second kappa shape index (κ2) is 10.0. The van der Waals surface area contributed by atoms with Crippen molar-refractivity contribution in [2.24, 2.45) is 5.41 Å². The molecule has 0 saturated carbocycles. The van der Waals surface area contributed by atoms with Gasteiger partial charge in [-0.05, 0) is 19.9 Å². The molecule has 0 aromatic rings. The first-order valence-corrected chi connectivity index (χ1v) is 6.58. The molecule has 0 saturated heterocycles. The van der Waals surface area contributed by atoms with Gasteiger partial charge in [0.25, 0.3) is 0 Å². The van der Waals surface area contributed by atoms with Gasteiger partial charge in [-0.2, -0.15) is 0 Å². The van der Waals surface area contributed by atoms with E-state index in [1.165, 1.54) is 0 Å². The van der Waals surface area contributed by atoms with Gasteiger partial charge in [-0.3, -0.25) is 9.59 Å². The third kappa shape index (κ3) is 9.73. The third-order valence-electron chi connectivity index (χ3n) is 2.45. The van der Waals surface area contributed by atoms with E-state index < -0.39 is 11.5 Å². The van der Waals surface area contributed by atoms with E-state index in [1.54, 1.807) is 6.92 Å². The summed E-state index contributed by atoms with van der Waals surface area (Å²) in [5.74, 6) is -0.264. The smallest absolute Gasteiger partial charge is 0.242 e. The predicted octanol–water partition coefficient (Wildman–Crippen LogP) is 1.07. The van der Waals surface area contributed by atoms with Crippen LogP contribution in [0.25, 0.3) is 0 Å². The summed E-state index contributed by atoms with van der Waals surface area (Å²) < 4.78 is 0. The van der Waals surface area contributed by atoms with Gasteiger partial charge >= 0.3 is 0 Å². The van der Waals surface area contributed by atoms with Crippen LogP contribution < -0.4 is 16.0 Å². The van der Waals surface area contributed by atoms with E-state index in [9.17, 15) is 9.59 Å². The second-order valence-corrected chi connectivity index (χ2v) is 5.49. The molecule has 2 amide bonds. The Morgan fingerprint density at radius 3 is 2.16 bits per heavy atom. The van der Waals surface area contributed by atoms with Crippen LogP contribution in [0.1, 0.15) is 41.0 Å². The molecule has 114 valence electrons. The first-order valence-electron chi connectivity index (χ1n) is 6.58. The number of nitrogens with one attached hydrogen (secondary N) is 3. The first kappa shape index (κ1) is 20.5. The molecule has 1 unspecified atom stereocenters. The van der Waals surface area contributed by atoms with Crippen LogP contribution in [-0.4, -0.2) is 37.5 Å². The van der Waals surface area contributed by atoms with Crippen LogP contribution in [0.5, 0.6) is 0 Å². The summed E-state index contributed by atoms with van der Waals surface area (Å²) in [6.45, 7) is 11.5. The number of rotatable bonds is 7. The molecule has 0 aliphatic heterocycles. The minimum atomic E-state index is -0.497. The quantitative estimate of drug-likeness (QED) is 0.615. The zero-order chi connectivity index (χ0) is 14.2. The number of hydrogen-bond acceptors (Lipinski definition) is 3. The van der Waals surface area contributed by atoms with E-state index in [-0.39, 0.29) is 24.2 Å². The lowest BCUT2D eigenvalue weighted by Gasteiger charge is -2.21. The molecule has 19 heavy (non-hydrogen) atoms. The number of carbonyl (C=O) groups excluding carboxylic acids is 2. The van der Waals surface area contributed by atoms with Crippen molar-refractivity contribution in [3.8, 4) is 0 Å². The molecule has 0 aliphatic carbocycles. The van der Waals surface area contributed by atoms with E-state index in [0.29, 0.717) is 6.54 Å². The molecular formula is C13H28ClN3O2. The van der Waals surface area contributed by atoms with E-state index in [4.69, 9.17) is 0 Å². The Hall–Kier alpha value is -0.810. The lowest BCUT2D eigenvalue weighted by molar-refractivity contribution is -0.133. The normalized spacial score (nSPS) is 12.3. The number of hydrogen-bond donors (Lipinski definition) is 3. The van der Waals surface area contributed by atoms with E-state index in [2.05, 4.69) is 22.9 Å². The van der Waals surface area contributed by atoms with Crippen molar-refractivity contribution in [1.82, 2.24) is 16.0 Å². The number of halogens is 1. The Balaban J connectivity index is 0. The maximum atomic E-state index is 11.7. The van der Waals surface area contributed by atoms with Crippen molar-refractivity contribution in [3.63, 3.8) is 0 Å². The molecule has 0 aliphatic rings. The van der Waals surface area contributed by atoms with Crippen LogP contribution in [0, 0.1) is 5.41 Å². The minimum Gasteiger partial charge on any atom is -0.353 e. The summed E-state index contributed by atoms with van der Waals surface area (Å²) in [7, 11) is 0. The molecule has 0 heterocycles. The molecule has 3 N–H and O–H groups in total. The molecule has 0 aromatic heterocycles. The molecule has 6 heteroatoms. The highest BCUT2D eigenvalue weighted by Gasteiger charge is 2.24. The standard InChI is InChI=1S/C13H27N3O2.ClH/c1-6-7-14-8-9-15-11(17)10(2)16-12(18)13(3,4)5;/h10,14H,6-9H2,1-5H3,(H,15,17)(H,16,18);1H. The Kier molecular flexibility index (Phi) is 10.8. The van der Waals surface area contributed by atoms with E-state index in [0.717, 1.165) is 19.5 Å². The maximum Gasteiger partial charge on any atom is 0.242 e. The highest BCUT2D eigenvalue weighted by atomic mass is 35.5. The predicted molar refractivity (Wildman–Crippen MR) is 80.5 cm³/mol. The molecule has 0 aromatic carbocycles. The van der Waals surface area contributed by atoms with Gasteiger partial charge in [-0.1, -0.05) is 27.7 Å². The lowest BCUT2D eigenvalue weighted by atomic mass is 9.95. The number of amides is 2. The average Bonchev–Trinajstić information content (AvgIpc) is 2.27. The van der Waals surface area contributed by atoms with Gasteiger partial charge in [0.1, 0.15) is 6.04 Å². The van der Waals surface area contributed by atoms with Crippen molar-refractivity contribution in [2.75, 3.05) is 19.6 Å². The first-order chi connectivity index (χ1) is 8.29. The molecule has 5 nitrogen and oxygen atoms in total. The summed E-state index contributed by atoms with van der Waals surface area (Å²) >= 11 is 0. The topological polar surface area (TPSA) is 70.2 Å². The van der Waals surface area contributed by atoms with Crippen molar-refractivity contribution >= 4 is 24.2 Å². The van der Waals surface area contributed by atoms with Gasteiger partial charge in [0.2, 0.25) is 11.8 Å². The van der Waals surface area contributed by atoms with Crippen LogP contribution in [-0.2, 0) is 9.59 Å². The monoisotopic (exact) mass is 293 g/mol. The Bertz CT molecular complexity index is 278. The van der Waals surface area contributed by atoms with Crippen LogP contribution >= 0.6 is 12.4 Å². The molecular weight excluding hydrogens is 266 g/mol. The molecule has 0 rings (SSSR count). The van der Waals surface area contributed by atoms with Gasteiger partial charge < -0.3 is 16.0 Å². The van der Waals surface area contributed by atoms with Gasteiger partial charge in [-0.25, -0.2) is 0 Å². The van der Waals surface area contributed by atoms with Gasteiger partial charge in [0, 0.05) is 18.5 Å². The van der Waals surface area contributed by atoms with Crippen LogP contribution in [0.15, 0.2) is 0 Å². The Morgan fingerprint density at radius 1 is 1.11 bits per heavy atom. The fraction of sp³-hybridized carbons (Fsp3) is 0.846. The summed E-state index contributed by atoms with van der Waals surface area (Å²) in [6, 6.07) is -0.497. The van der Waals surface area contributed by atoms with Gasteiger partial charge in [0.15, 0.2) is 0 Å². The van der Waals surface area contributed by atoms with Crippen LogP contribution in [0.3, 0.4) is 0 Å². The molecule has 0 radical (unpaired) electrons. The summed E-state index contributed by atoms with van der Waals surface area (Å²) in [5, 5.41) is 8.67. The lowest BCUT2D eigenvalue weighted by Crippen LogP contribution is -2.49. The van der Waals surface area contributed by atoms with Crippen molar-refractivity contribution in [2.45, 2.75) is 47.1 Å². The molecule has 0 fully saturated rings. The van der Waals surface area contributed by atoms with Crippen molar-refractivity contribution < 1.29 is 9.59 Å². The largest absolute Gasteiger partial charge is 0.353 e. The Morgan fingerprint density at radius 2 is 1.68 bits per heavy atom. The second-order valence-electron chi connectivity index (χ2n) is 5.49. The van der Waals surface area contributed by atoms with Crippen LogP contribution in [0.2, 0.25) is 0 Å². The summed E-state index contributed by atoms with van der Waals surface area (Å²) in [4.78, 5) is 23.4.